The number of hydrogen-bond donors (Lipinski definition) is 4. The maximum absolute atomic E-state index is 12.5. The Hall–Kier alpha value is -3.76. The fraction of sp³-hybridized carbons (Fsp3) is 0.545. The Kier molecular flexibility index (Phi) is 7.88. The lowest BCUT2D eigenvalue weighted by atomic mass is 9.92. The number of carboxylic acids is 2. The predicted octanol–water partition coefficient (Wildman–Crippen LogP) is 0.568. The van der Waals surface area contributed by atoms with Crippen LogP contribution in [0.15, 0.2) is 18.6 Å². The van der Waals surface area contributed by atoms with Crippen molar-refractivity contribution in [3.63, 3.8) is 0 Å². The second kappa shape index (κ2) is 10.7. The van der Waals surface area contributed by atoms with Crippen molar-refractivity contribution in [1.82, 2.24) is 19.9 Å². The van der Waals surface area contributed by atoms with E-state index in [0.29, 0.717) is 18.7 Å². The van der Waals surface area contributed by atoms with E-state index in [1.165, 1.54) is 6.33 Å². The lowest BCUT2D eigenvalue weighted by molar-refractivity contribution is -0.178. The molecule has 2 aromatic heterocycles. The highest BCUT2D eigenvalue weighted by atomic mass is 16.6. The van der Waals surface area contributed by atoms with Crippen LogP contribution in [0.3, 0.4) is 0 Å². The minimum Gasteiger partial charge on any atom is -0.481 e. The fourth-order valence-corrected chi connectivity index (χ4v) is 4.36. The third-order valence-electron chi connectivity index (χ3n) is 6.33. The van der Waals surface area contributed by atoms with Gasteiger partial charge >= 0.3 is 17.9 Å². The number of nitrogens with zero attached hydrogens (tertiary/aromatic N) is 5. The standard InChI is InChI=1S/C22H28N6O7/c1-13-5-8-28(11-15(13)27(2)20-14-4-7-24-19(14)25-12-26-20)16(3-6-23)35-18(31)10-22(34,21(32)33)9-17(29)30/h4,7,12-13,15-16,34H,3,5,8-11H2,1-2H3,(H,29,30)(H,32,33)(H,24,25,26)/t13-,15?,16?,22?/m1/s1. The van der Waals surface area contributed by atoms with Crippen LogP contribution in [0.25, 0.3) is 11.0 Å². The van der Waals surface area contributed by atoms with Crippen molar-refractivity contribution in [3.8, 4) is 6.07 Å². The van der Waals surface area contributed by atoms with Crippen LogP contribution in [-0.4, -0.2) is 91.1 Å². The number of ether oxygens (including phenoxy) is 1. The van der Waals surface area contributed by atoms with Crippen LogP contribution in [0, 0.1) is 17.2 Å². The monoisotopic (exact) mass is 488 g/mol. The molecule has 1 aliphatic rings. The van der Waals surface area contributed by atoms with E-state index >= 15 is 0 Å². The Balaban J connectivity index is 1.75. The topological polar surface area (TPSA) is 193 Å². The number of hydrogen-bond acceptors (Lipinski definition) is 10. The molecule has 0 radical (unpaired) electrons. The number of carbonyl (C=O) groups excluding carboxylic acids is 1. The van der Waals surface area contributed by atoms with Crippen LogP contribution < -0.4 is 4.90 Å². The zero-order valence-electron chi connectivity index (χ0n) is 19.4. The second-order valence-electron chi connectivity index (χ2n) is 8.77. The van der Waals surface area contributed by atoms with Gasteiger partial charge in [-0.1, -0.05) is 6.92 Å². The Morgan fingerprint density at radius 3 is 2.77 bits per heavy atom. The molecule has 3 unspecified atom stereocenters. The highest BCUT2D eigenvalue weighted by Crippen LogP contribution is 2.30. The van der Waals surface area contributed by atoms with Crippen LogP contribution in [-0.2, 0) is 19.1 Å². The lowest BCUT2D eigenvalue weighted by Gasteiger charge is -2.44. The molecule has 0 aromatic carbocycles. The third kappa shape index (κ3) is 5.84. The van der Waals surface area contributed by atoms with Gasteiger partial charge in [-0.15, -0.1) is 0 Å². The van der Waals surface area contributed by atoms with Crippen molar-refractivity contribution >= 4 is 34.8 Å². The van der Waals surface area contributed by atoms with Crippen LogP contribution in [0.4, 0.5) is 5.82 Å². The molecule has 3 heterocycles. The summed E-state index contributed by atoms with van der Waals surface area (Å²) in [6, 6.07) is 3.79. The summed E-state index contributed by atoms with van der Waals surface area (Å²) in [6.45, 7) is 3.04. The van der Waals surface area contributed by atoms with Crippen LogP contribution in [0.1, 0.15) is 32.6 Å². The van der Waals surface area contributed by atoms with Crippen LogP contribution in [0.5, 0.6) is 0 Å². The molecular weight excluding hydrogens is 460 g/mol. The lowest BCUT2D eigenvalue weighted by Crippen LogP contribution is -2.55. The average Bonchev–Trinajstić information content (AvgIpc) is 3.27. The quantitative estimate of drug-likeness (QED) is 0.340. The normalized spacial score (nSPS) is 21.0. The van der Waals surface area contributed by atoms with E-state index in [2.05, 4.69) is 21.9 Å². The number of nitrogens with one attached hydrogen (secondary N) is 1. The number of esters is 1. The highest BCUT2D eigenvalue weighted by molar-refractivity contribution is 5.89. The molecule has 0 bridgehead atoms. The number of aliphatic carboxylic acids is 2. The number of fused-ring (bicyclic) bond motifs is 1. The number of aromatic nitrogens is 3. The van der Waals surface area contributed by atoms with Gasteiger partial charge in [-0.05, 0) is 18.4 Å². The van der Waals surface area contributed by atoms with Crippen LogP contribution in [0.2, 0.25) is 0 Å². The van der Waals surface area contributed by atoms with Gasteiger partial charge in [-0.2, -0.15) is 5.26 Å². The number of likely N-dealkylation sites (N-methyl/N-ethyl adjacent to an activating group) is 1. The first kappa shape index (κ1) is 25.9. The number of carbonyl (C=O) groups is 3. The van der Waals surface area contributed by atoms with Gasteiger partial charge in [0.2, 0.25) is 0 Å². The van der Waals surface area contributed by atoms with Crippen molar-refractivity contribution in [2.24, 2.45) is 5.92 Å². The first-order valence-electron chi connectivity index (χ1n) is 11.0. The minimum atomic E-state index is -2.81. The second-order valence-corrected chi connectivity index (χ2v) is 8.77. The van der Waals surface area contributed by atoms with Gasteiger partial charge in [0.25, 0.3) is 0 Å². The molecular formula is C22H28N6O7. The van der Waals surface area contributed by atoms with Gasteiger partial charge in [0, 0.05) is 32.4 Å². The van der Waals surface area contributed by atoms with E-state index in [0.717, 1.165) is 17.6 Å². The van der Waals surface area contributed by atoms with Crippen molar-refractivity contribution in [3.05, 3.63) is 18.6 Å². The van der Waals surface area contributed by atoms with Gasteiger partial charge in [0.05, 0.1) is 30.7 Å². The average molecular weight is 489 g/mol. The first-order valence-corrected chi connectivity index (χ1v) is 11.0. The summed E-state index contributed by atoms with van der Waals surface area (Å²) in [5.41, 5.74) is -2.11. The van der Waals surface area contributed by atoms with E-state index in [1.54, 1.807) is 6.20 Å². The summed E-state index contributed by atoms with van der Waals surface area (Å²) in [5.74, 6) is -3.56. The summed E-state index contributed by atoms with van der Waals surface area (Å²) in [4.78, 5) is 50.3. The van der Waals surface area contributed by atoms with Gasteiger partial charge < -0.3 is 29.9 Å². The van der Waals surface area contributed by atoms with Gasteiger partial charge in [0.15, 0.2) is 11.8 Å². The maximum atomic E-state index is 12.5. The number of carboxylic acid groups (broad SMARTS) is 2. The SMILES string of the molecule is C[C@@H]1CCN(C(CC#N)OC(=O)CC(O)(CC(=O)O)C(=O)O)CC1N(C)c1ncnc2[nH]ccc12. The number of piperidine rings is 1. The summed E-state index contributed by atoms with van der Waals surface area (Å²) in [6.07, 6.45) is 0.577. The smallest absolute Gasteiger partial charge is 0.336 e. The van der Waals surface area contributed by atoms with Crippen molar-refractivity contribution < 1.29 is 34.4 Å². The van der Waals surface area contributed by atoms with Crippen molar-refractivity contribution in [2.75, 3.05) is 25.0 Å². The Morgan fingerprint density at radius 1 is 1.37 bits per heavy atom. The molecule has 1 fully saturated rings. The van der Waals surface area contributed by atoms with E-state index in [1.807, 2.05) is 29.0 Å². The molecule has 3 rings (SSSR count). The van der Waals surface area contributed by atoms with E-state index in [-0.39, 0.29) is 18.4 Å². The summed E-state index contributed by atoms with van der Waals surface area (Å²) in [5, 5.41) is 38.4. The molecule has 1 saturated heterocycles. The summed E-state index contributed by atoms with van der Waals surface area (Å²) in [7, 11) is 1.91. The molecule has 0 saturated carbocycles. The largest absolute Gasteiger partial charge is 0.481 e. The number of anilines is 1. The molecule has 0 amide bonds. The summed E-state index contributed by atoms with van der Waals surface area (Å²) >= 11 is 0. The van der Waals surface area contributed by atoms with E-state index in [9.17, 15) is 29.9 Å². The number of aliphatic hydroxyl groups is 1. The molecule has 1 aliphatic heterocycles. The van der Waals surface area contributed by atoms with Gasteiger partial charge in [-0.25, -0.2) is 14.8 Å². The minimum absolute atomic E-state index is 0.0559. The molecule has 0 aliphatic carbocycles. The molecule has 13 heteroatoms. The Morgan fingerprint density at radius 2 is 2.11 bits per heavy atom. The molecule has 2 aromatic rings. The van der Waals surface area contributed by atoms with Gasteiger partial charge in [-0.3, -0.25) is 14.5 Å². The highest BCUT2D eigenvalue weighted by Gasteiger charge is 2.42. The third-order valence-corrected chi connectivity index (χ3v) is 6.33. The van der Waals surface area contributed by atoms with Crippen LogP contribution >= 0.6 is 0 Å². The maximum Gasteiger partial charge on any atom is 0.336 e. The predicted molar refractivity (Wildman–Crippen MR) is 121 cm³/mol. The van der Waals surface area contributed by atoms with Gasteiger partial charge in [0.1, 0.15) is 17.8 Å². The molecule has 0 spiro atoms. The van der Waals surface area contributed by atoms with Crippen molar-refractivity contribution in [1.29, 1.82) is 5.26 Å². The zero-order chi connectivity index (χ0) is 25.8. The first-order chi connectivity index (χ1) is 16.6. The number of rotatable bonds is 10. The van der Waals surface area contributed by atoms with Crippen molar-refractivity contribution in [2.45, 2.75) is 50.5 Å². The number of aromatic amines is 1. The van der Waals surface area contributed by atoms with E-state index in [4.69, 9.17) is 9.84 Å². The molecule has 35 heavy (non-hydrogen) atoms. The number of H-pyrrole nitrogens is 1. The molecule has 188 valence electrons. The molecule has 13 nitrogen and oxygen atoms in total. The Bertz CT molecular complexity index is 1130. The fourth-order valence-electron chi connectivity index (χ4n) is 4.36. The Labute approximate surface area is 200 Å². The molecule has 4 atom stereocenters. The molecule has 4 N–H and O–H groups in total. The summed E-state index contributed by atoms with van der Waals surface area (Å²) < 4.78 is 5.38. The zero-order valence-corrected chi connectivity index (χ0v) is 19.4. The van der Waals surface area contributed by atoms with E-state index < -0.39 is 42.6 Å². The number of likely N-dealkylation sites (tertiary alicyclic amines) is 1. The number of nitriles is 1.